The molecule has 6 N–H and O–H groups in total. The normalized spacial score (nSPS) is 15.3. The van der Waals surface area contributed by atoms with Gasteiger partial charge < -0.3 is 44.8 Å². The number of hydrogen-bond donors (Lipinski definition) is 6. The van der Waals surface area contributed by atoms with E-state index in [9.17, 15) is 25.5 Å². The lowest BCUT2D eigenvalue weighted by Crippen LogP contribution is -2.29. The number of aliphatic hydroxyl groups is 5. The van der Waals surface area contributed by atoms with E-state index in [0.717, 1.165) is 0 Å². The van der Waals surface area contributed by atoms with Gasteiger partial charge in [0.15, 0.2) is 29.1 Å². The minimum atomic E-state index is -1.36. The molecule has 0 amide bonds. The molecule has 0 aliphatic rings. The van der Waals surface area contributed by atoms with Crippen LogP contribution in [-0.4, -0.2) is 70.3 Å². The van der Waals surface area contributed by atoms with E-state index in [1.165, 1.54) is 50.6 Å². The molecule has 0 bridgehead atoms. The summed E-state index contributed by atoms with van der Waals surface area (Å²) >= 11 is 0. The van der Waals surface area contributed by atoms with Crippen LogP contribution in [-0.2, 0) is 0 Å². The van der Waals surface area contributed by atoms with Crippen LogP contribution < -0.4 is 14.2 Å². The van der Waals surface area contributed by atoms with Crippen molar-refractivity contribution in [2.24, 2.45) is 0 Å². The van der Waals surface area contributed by atoms with Crippen LogP contribution >= 0.6 is 0 Å². The Hall–Kier alpha value is -2.56. The molecule has 0 radical (unpaired) electrons. The fourth-order valence-electron chi connectivity index (χ4n) is 2.74. The molecule has 9 nitrogen and oxygen atoms in total. The Morgan fingerprint density at radius 1 is 0.759 bits per heavy atom. The van der Waals surface area contributed by atoms with E-state index in [0.29, 0.717) is 11.1 Å². The van der Waals surface area contributed by atoms with Gasteiger partial charge in [0.05, 0.1) is 27.4 Å². The number of phenolic OH excluding ortho intramolecular Hbond substituents is 1. The molecule has 0 fully saturated rings. The molecule has 2 rings (SSSR count). The molecular formula is C20H26O9. The Morgan fingerprint density at radius 2 is 1.34 bits per heavy atom. The number of benzene rings is 2. The standard InChI is InChI=1S/C20H26O9/c1-27-16-7-12(3-5-13(16)23)20(26)18(10-22)29-15-6-4-11(8-17(15)28-2)19(25)14(24)9-21/h3-8,14,18-26H,9-10H2,1-2H3/t14?,18-,19?,20-/m1/s1. The zero-order chi connectivity index (χ0) is 21.6. The maximum absolute atomic E-state index is 10.6. The van der Waals surface area contributed by atoms with E-state index >= 15 is 0 Å². The minimum Gasteiger partial charge on any atom is -0.504 e. The van der Waals surface area contributed by atoms with E-state index in [-0.39, 0.29) is 23.0 Å². The van der Waals surface area contributed by atoms with Crippen molar-refractivity contribution in [3.63, 3.8) is 0 Å². The fraction of sp³-hybridized carbons (Fsp3) is 0.400. The van der Waals surface area contributed by atoms with Crippen molar-refractivity contribution in [1.82, 2.24) is 0 Å². The molecule has 29 heavy (non-hydrogen) atoms. The van der Waals surface area contributed by atoms with E-state index in [1.54, 1.807) is 0 Å². The second-order valence-electron chi connectivity index (χ2n) is 6.32. The molecule has 4 atom stereocenters. The minimum absolute atomic E-state index is 0.0919. The molecule has 0 aliphatic carbocycles. The van der Waals surface area contributed by atoms with Crippen LogP contribution in [0, 0.1) is 0 Å². The lowest BCUT2D eigenvalue weighted by Gasteiger charge is -2.25. The summed E-state index contributed by atoms with van der Waals surface area (Å²) in [5.74, 6) is 0.453. The molecule has 0 heterocycles. The first kappa shape index (κ1) is 22.7. The van der Waals surface area contributed by atoms with Gasteiger partial charge in [0.2, 0.25) is 0 Å². The first-order chi connectivity index (χ1) is 13.9. The third-order valence-corrected chi connectivity index (χ3v) is 4.44. The topological polar surface area (TPSA) is 149 Å². The molecule has 0 saturated carbocycles. The maximum atomic E-state index is 10.6. The Labute approximate surface area is 168 Å². The lowest BCUT2D eigenvalue weighted by molar-refractivity contribution is -0.0156. The Morgan fingerprint density at radius 3 is 1.93 bits per heavy atom. The summed E-state index contributed by atoms with van der Waals surface area (Å²) in [6, 6.07) is 8.60. The largest absolute Gasteiger partial charge is 0.504 e. The summed E-state index contributed by atoms with van der Waals surface area (Å²) in [5.41, 5.74) is 0.649. The third-order valence-electron chi connectivity index (χ3n) is 4.44. The van der Waals surface area contributed by atoms with Crippen molar-refractivity contribution < 1.29 is 44.8 Å². The molecule has 0 saturated heterocycles. The molecule has 2 aromatic rings. The number of aromatic hydroxyl groups is 1. The number of aliphatic hydroxyl groups excluding tert-OH is 5. The van der Waals surface area contributed by atoms with E-state index < -0.39 is 37.6 Å². The maximum Gasteiger partial charge on any atom is 0.161 e. The average Bonchev–Trinajstić information content (AvgIpc) is 2.76. The first-order valence-corrected chi connectivity index (χ1v) is 8.83. The van der Waals surface area contributed by atoms with Gasteiger partial charge in [0.25, 0.3) is 0 Å². The van der Waals surface area contributed by atoms with E-state index in [2.05, 4.69) is 0 Å². The van der Waals surface area contributed by atoms with Gasteiger partial charge in [-0.2, -0.15) is 0 Å². The predicted molar refractivity (Wildman–Crippen MR) is 102 cm³/mol. The molecule has 2 unspecified atom stereocenters. The van der Waals surface area contributed by atoms with Crippen LogP contribution in [0.2, 0.25) is 0 Å². The van der Waals surface area contributed by atoms with Crippen LogP contribution in [0.5, 0.6) is 23.0 Å². The number of ether oxygens (including phenoxy) is 3. The van der Waals surface area contributed by atoms with E-state index in [1.807, 2.05) is 0 Å². The smallest absolute Gasteiger partial charge is 0.161 e. The van der Waals surface area contributed by atoms with Crippen LogP contribution in [0.1, 0.15) is 23.3 Å². The average molecular weight is 410 g/mol. The quantitative estimate of drug-likeness (QED) is 0.324. The van der Waals surface area contributed by atoms with Crippen molar-refractivity contribution in [1.29, 1.82) is 0 Å². The molecule has 2 aromatic carbocycles. The second-order valence-corrected chi connectivity index (χ2v) is 6.32. The molecule has 0 spiro atoms. The van der Waals surface area contributed by atoms with Crippen molar-refractivity contribution in [2.75, 3.05) is 27.4 Å². The Bertz CT molecular complexity index is 796. The third kappa shape index (κ3) is 5.28. The SMILES string of the molecule is COc1cc([C@@H](O)[C@@H](CO)Oc2ccc(C(O)C(O)CO)cc2OC)ccc1O. The highest BCUT2D eigenvalue weighted by Crippen LogP contribution is 2.35. The molecule has 0 aromatic heterocycles. The molecule has 9 heteroatoms. The van der Waals surface area contributed by atoms with Gasteiger partial charge in [-0.15, -0.1) is 0 Å². The highest BCUT2D eigenvalue weighted by Gasteiger charge is 2.25. The molecular weight excluding hydrogens is 384 g/mol. The number of rotatable bonds is 10. The molecule has 0 aliphatic heterocycles. The summed E-state index contributed by atoms with van der Waals surface area (Å²) in [5, 5.41) is 58.6. The summed E-state index contributed by atoms with van der Waals surface area (Å²) < 4.78 is 16.0. The number of phenols is 1. The highest BCUT2D eigenvalue weighted by atomic mass is 16.5. The van der Waals surface area contributed by atoms with Gasteiger partial charge in [-0.1, -0.05) is 12.1 Å². The van der Waals surface area contributed by atoms with Gasteiger partial charge in [0.1, 0.15) is 18.3 Å². The Balaban J connectivity index is 2.25. The van der Waals surface area contributed by atoms with Crippen LogP contribution in [0.15, 0.2) is 36.4 Å². The van der Waals surface area contributed by atoms with Gasteiger partial charge in [-0.05, 0) is 35.4 Å². The summed E-state index contributed by atoms with van der Waals surface area (Å²) in [7, 11) is 2.75. The van der Waals surface area contributed by atoms with Crippen molar-refractivity contribution in [3.05, 3.63) is 47.5 Å². The van der Waals surface area contributed by atoms with E-state index in [4.69, 9.17) is 19.3 Å². The van der Waals surface area contributed by atoms with Gasteiger partial charge in [-0.25, -0.2) is 0 Å². The zero-order valence-corrected chi connectivity index (χ0v) is 16.1. The number of hydrogen-bond acceptors (Lipinski definition) is 9. The second kappa shape index (κ2) is 10.3. The highest BCUT2D eigenvalue weighted by molar-refractivity contribution is 5.45. The van der Waals surface area contributed by atoms with Crippen LogP contribution in [0.25, 0.3) is 0 Å². The summed E-state index contributed by atoms with van der Waals surface area (Å²) in [4.78, 5) is 0. The van der Waals surface area contributed by atoms with Crippen LogP contribution in [0.4, 0.5) is 0 Å². The Kier molecular flexibility index (Phi) is 8.06. The summed E-state index contributed by atoms with van der Waals surface area (Å²) in [6.45, 7) is -1.14. The van der Waals surface area contributed by atoms with Gasteiger partial charge in [-0.3, -0.25) is 0 Å². The molecule has 160 valence electrons. The predicted octanol–water partition coefficient (Wildman–Crippen LogP) is 0.269. The van der Waals surface area contributed by atoms with Crippen molar-refractivity contribution in [3.8, 4) is 23.0 Å². The van der Waals surface area contributed by atoms with Gasteiger partial charge >= 0.3 is 0 Å². The first-order valence-electron chi connectivity index (χ1n) is 8.83. The fourth-order valence-corrected chi connectivity index (χ4v) is 2.74. The summed E-state index contributed by atoms with van der Waals surface area (Å²) in [6.07, 6.45) is -5.01. The lowest BCUT2D eigenvalue weighted by atomic mass is 10.0. The number of methoxy groups -OCH3 is 2. The zero-order valence-electron chi connectivity index (χ0n) is 16.1. The van der Waals surface area contributed by atoms with Gasteiger partial charge in [0, 0.05) is 0 Å². The van der Waals surface area contributed by atoms with Crippen molar-refractivity contribution in [2.45, 2.75) is 24.4 Å². The van der Waals surface area contributed by atoms with Crippen molar-refractivity contribution >= 4 is 0 Å². The monoisotopic (exact) mass is 410 g/mol. The van der Waals surface area contributed by atoms with Crippen LogP contribution in [0.3, 0.4) is 0 Å².